The van der Waals surface area contributed by atoms with E-state index in [9.17, 15) is 4.79 Å². The Morgan fingerprint density at radius 3 is 2.29 bits per heavy atom. The van der Waals surface area contributed by atoms with E-state index in [2.05, 4.69) is 5.32 Å². The lowest BCUT2D eigenvalue weighted by molar-refractivity contribution is -0.124. The van der Waals surface area contributed by atoms with Crippen molar-refractivity contribution in [2.75, 3.05) is 0 Å². The largest absolute Gasteiger partial charge is 0.350 e. The standard InChI is InChI=1S/C13H26N2O.ClH/c1-13(2,3)15-12(16)11(14)9-10-7-5-4-6-8-10;/h10-11H,4-9,14H2,1-3H3,(H,15,16);1H/t11-;/m0./s1. The van der Waals surface area contributed by atoms with E-state index in [0.717, 1.165) is 6.42 Å². The van der Waals surface area contributed by atoms with Gasteiger partial charge in [0.15, 0.2) is 0 Å². The quantitative estimate of drug-likeness (QED) is 0.822. The maximum absolute atomic E-state index is 11.8. The molecule has 0 radical (unpaired) electrons. The number of halogens is 1. The van der Waals surface area contributed by atoms with Crippen molar-refractivity contribution in [1.82, 2.24) is 5.32 Å². The van der Waals surface area contributed by atoms with Crippen molar-refractivity contribution in [3.63, 3.8) is 0 Å². The molecule has 3 nitrogen and oxygen atoms in total. The zero-order valence-electron chi connectivity index (χ0n) is 11.3. The fourth-order valence-corrected chi connectivity index (χ4v) is 2.35. The summed E-state index contributed by atoms with van der Waals surface area (Å²) in [5.74, 6) is 0.660. The second kappa shape index (κ2) is 7.22. The van der Waals surface area contributed by atoms with Gasteiger partial charge in [-0.05, 0) is 33.1 Å². The minimum Gasteiger partial charge on any atom is -0.350 e. The number of hydrogen-bond acceptors (Lipinski definition) is 2. The van der Waals surface area contributed by atoms with Crippen LogP contribution in [-0.4, -0.2) is 17.5 Å². The molecule has 0 aromatic carbocycles. The van der Waals surface area contributed by atoms with Gasteiger partial charge in [-0.15, -0.1) is 12.4 Å². The van der Waals surface area contributed by atoms with Crippen molar-refractivity contribution in [3.8, 4) is 0 Å². The molecular weight excluding hydrogens is 236 g/mol. The number of amides is 1. The third kappa shape index (κ3) is 6.89. The zero-order valence-corrected chi connectivity index (χ0v) is 12.1. The molecule has 1 atom stereocenters. The third-order valence-electron chi connectivity index (χ3n) is 3.15. The summed E-state index contributed by atoms with van der Waals surface area (Å²) in [5.41, 5.74) is 5.76. The number of rotatable bonds is 3. The molecule has 17 heavy (non-hydrogen) atoms. The summed E-state index contributed by atoms with van der Waals surface area (Å²) in [4.78, 5) is 11.8. The smallest absolute Gasteiger partial charge is 0.237 e. The maximum atomic E-state index is 11.8. The second-order valence-electron chi connectivity index (χ2n) is 6.09. The van der Waals surface area contributed by atoms with Gasteiger partial charge in [0.25, 0.3) is 0 Å². The van der Waals surface area contributed by atoms with Gasteiger partial charge in [0.2, 0.25) is 5.91 Å². The number of nitrogens with two attached hydrogens (primary N) is 1. The molecule has 3 N–H and O–H groups in total. The molecule has 1 fully saturated rings. The van der Waals surface area contributed by atoms with Crippen LogP contribution in [0.3, 0.4) is 0 Å². The molecule has 1 aliphatic carbocycles. The SMILES string of the molecule is CC(C)(C)NC(=O)[C@@H](N)CC1CCCCC1.Cl. The van der Waals surface area contributed by atoms with Gasteiger partial charge in [-0.3, -0.25) is 4.79 Å². The first-order chi connectivity index (χ1) is 7.38. The Morgan fingerprint density at radius 2 is 1.82 bits per heavy atom. The van der Waals surface area contributed by atoms with Crippen LogP contribution in [0.5, 0.6) is 0 Å². The first-order valence-corrected chi connectivity index (χ1v) is 6.46. The first kappa shape index (κ1) is 16.7. The first-order valence-electron chi connectivity index (χ1n) is 6.46. The minimum atomic E-state index is -0.331. The Kier molecular flexibility index (Phi) is 7.10. The van der Waals surface area contributed by atoms with Crippen LogP contribution in [0.2, 0.25) is 0 Å². The number of carbonyl (C=O) groups is 1. The van der Waals surface area contributed by atoms with Crippen LogP contribution in [0.4, 0.5) is 0 Å². The molecule has 0 aliphatic heterocycles. The molecule has 1 rings (SSSR count). The summed E-state index contributed by atoms with van der Waals surface area (Å²) in [6, 6.07) is -0.331. The van der Waals surface area contributed by atoms with Crippen LogP contribution < -0.4 is 11.1 Å². The maximum Gasteiger partial charge on any atom is 0.237 e. The molecule has 0 spiro atoms. The molecule has 1 saturated carbocycles. The third-order valence-corrected chi connectivity index (χ3v) is 3.15. The predicted octanol–water partition coefficient (Wildman–Crippen LogP) is 2.62. The second-order valence-corrected chi connectivity index (χ2v) is 6.09. The summed E-state index contributed by atoms with van der Waals surface area (Å²) in [6.45, 7) is 5.95. The van der Waals surface area contributed by atoms with Crippen molar-refractivity contribution in [2.24, 2.45) is 11.7 Å². The average molecular weight is 263 g/mol. The normalized spacial score (nSPS) is 19.3. The molecule has 0 bridgehead atoms. The van der Waals surface area contributed by atoms with E-state index in [-0.39, 0.29) is 29.9 Å². The number of carbonyl (C=O) groups excluding carboxylic acids is 1. The van der Waals surface area contributed by atoms with Gasteiger partial charge < -0.3 is 11.1 Å². The molecular formula is C13H27ClN2O. The number of hydrogen-bond donors (Lipinski definition) is 2. The molecule has 0 saturated heterocycles. The van der Waals surface area contributed by atoms with E-state index >= 15 is 0 Å². The van der Waals surface area contributed by atoms with E-state index in [4.69, 9.17) is 5.73 Å². The van der Waals surface area contributed by atoms with Gasteiger partial charge in [0.1, 0.15) is 0 Å². The van der Waals surface area contributed by atoms with Gasteiger partial charge in [-0.1, -0.05) is 32.1 Å². The van der Waals surface area contributed by atoms with E-state index in [0.29, 0.717) is 5.92 Å². The minimum absolute atomic E-state index is 0. The topological polar surface area (TPSA) is 55.1 Å². The Bertz CT molecular complexity index is 232. The van der Waals surface area contributed by atoms with Crippen LogP contribution in [0.1, 0.15) is 59.3 Å². The Balaban J connectivity index is 0.00000256. The molecule has 1 aliphatic rings. The Morgan fingerprint density at radius 1 is 1.29 bits per heavy atom. The van der Waals surface area contributed by atoms with Crippen LogP contribution in [-0.2, 0) is 4.79 Å². The summed E-state index contributed by atoms with van der Waals surface area (Å²) < 4.78 is 0. The van der Waals surface area contributed by atoms with E-state index in [1.54, 1.807) is 0 Å². The van der Waals surface area contributed by atoms with E-state index < -0.39 is 0 Å². The molecule has 1 amide bonds. The molecule has 0 unspecified atom stereocenters. The number of nitrogens with one attached hydrogen (secondary N) is 1. The highest BCUT2D eigenvalue weighted by Gasteiger charge is 2.23. The van der Waals surface area contributed by atoms with Crippen molar-refractivity contribution in [2.45, 2.75) is 70.9 Å². The summed E-state index contributed by atoms with van der Waals surface area (Å²) >= 11 is 0. The highest BCUT2D eigenvalue weighted by atomic mass is 35.5. The van der Waals surface area contributed by atoms with Crippen molar-refractivity contribution in [1.29, 1.82) is 0 Å². The van der Waals surface area contributed by atoms with Crippen molar-refractivity contribution in [3.05, 3.63) is 0 Å². The predicted molar refractivity (Wildman–Crippen MR) is 74.3 cm³/mol. The van der Waals surface area contributed by atoms with Crippen molar-refractivity contribution >= 4 is 18.3 Å². The highest BCUT2D eigenvalue weighted by molar-refractivity contribution is 5.85. The van der Waals surface area contributed by atoms with E-state index in [1.165, 1.54) is 32.1 Å². The van der Waals surface area contributed by atoms with Gasteiger partial charge in [-0.25, -0.2) is 0 Å². The van der Waals surface area contributed by atoms with Crippen LogP contribution in [0.25, 0.3) is 0 Å². The lowest BCUT2D eigenvalue weighted by Crippen LogP contribution is -2.49. The van der Waals surface area contributed by atoms with Crippen LogP contribution in [0.15, 0.2) is 0 Å². The summed E-state index contributed by atoms with van der Waals surface area (Å²) in [5, 5.41) is 2.94. The Labute approximate surface area is 111 Å². The Hall–Kier alpha value is -0.280. The van der Waals surface area contributed by atoms with Gasteiger partial charge in [0.05, 0.1) is 6.04 Å². The lowest BCUT2D eigenvalue weighted by atomic mass is 9.84. The fraction of sp³-hybridized carbons (Fsp3) is 0.923. The molecule has 102 valence electrons. The molecule has 0 aromatic heterocycles. The molecule has 0 aromatic rings. The van der Waals surface area contributed by atoms with Gasteiger partial charge >= 0.3 is 0 Å². The monoisotopic (exact) mass is 262 g/mol. The van der Waals surface area contributed by atoms with Crippen LogP contribution in [0, 0.1) is 5.92 Å². The fourth-order valence-electron chi connectivity index (χ4n) is 2.35. The van der Waals surface area contributed by atoms with Gasteiger partial charge in [0, 0.05) is 5.54 Å². The summed E-state index contributed by atoms with van der Waals surface area (Å²) in [7, 11) is 0. The average Bonchev–Trinajstić information content (AvgIpc) is 2.16. The van der Waals surface area contributed by atoms with Crippen molar-refractivity contribution < 1.29 is 4.79 Å². The summed E-state index contributed by atoms with van der Waals surface area (Å²) in [6.07, 6.45) is 7.30. The van der Waals surface area contributed by atoms with Crippen LogP contribution >= 0.6 is 12.4 Å². The van der Waals surface area contributed by atoms with Gasteiger partial charge in [-0.2, -0.15) is 0 Å². The zero-order chi connectivity index (χ0) is 12.2. The lowest BCUT2D eigenvalue weighted by Gasteiger charge is -2.27. The highest BCUT2D eigenvalue weighted by Crippen LogP contribution is 2.27. The molecule has 0 heterocycles. The molecule has 4 heteroatoms. The van der Waals surface area contributed by atoms with E-state index in [1.807, 2.05) is 20.8 Å².